The summed E-state index contributed by atoms with van der Waals surface area (Å²) >= 11 is 0. The minimum Gasteiger partial charge on any atom is -0.325 e. The van der Waals surface area contributed by atoms with Gasteiger partial charge in [-0.15, -0.1) is 0 Å². The molecule has 1 heterocycles. The van der Waals surface area contributed by atoms with E-state index in [1.54, 1.807) is 32.2 Å². The normalized spacial score (nSPS) is 16.5. The fourth-order valence-electron chi connectivity index (χ4n) is 2.57. The van der Waals surface area contributed by atoms with Crippen LogP contribution in [0.1, 0.15) is 24.8 Å². The average Bonchev–Trinajstić information content (AvgIpc) is 2.50. The first-order valence-corrected chi connectivity index (χ1v) is 8.94. The van der Waals surface area contributed by atoms with Crippen LogP contribution in [0.15, 0.2) is 23.1 Å². The van der Waals surface area contributed by atoms with E-state index in [0.717, 1.165) is 19.3 Å². The third-order valence-corrected chi connectivity index (χ3v) is 5.78. The molecule has 1 amide bonds. The molecule has 1 aromatic carbocycles. The molecule has 1 saturated heterocycles. The lowest BCUT2D eigenvalue weighted by Crippen LogP contribution is -2.36. The molecule has 22 heavy (non-hydrogen) atoms. The summed E-state index contributed by atoms with van der Waals surface area (Å²) in [5, 5.41) is 5.46. The number of likely N-dealkylation sites (N-methyl/N-ethyl adjacent to an activating group) is 1. The molecule has 0 aromatic heterocycles. The van der Waals surface area contributed by atoms with Gasteiger partial charge in [-0.1, -0.05) is 12.5 Å². The number of amides is 1. The van der Waals surface area contributed by atoms with Gasteiger partial charge in [0.1, 0.15) is 0 Å². The zero-order valence-corrected chi connectivity index (χ0v) is 13.9. The highest BCUT2D eigenvalue weighted by molar-refractivity contribution is 7.89. The largest absolute Gasteiger partial charge is 0.325 e. The van der Waals surface area contributed by atoms with Gasteiger partial charge in [-0.2, -0.15) is 4.31 Å². The second-order valence-corrected chi connectivity index (χ2v) is 7.43. The molecule has 2 N–H and O–H groups in total. The van der Waals surface area contributed by atoms with E-state index in [-0.39, 0.29) is 17.3 Å². The third kappa shape index (κ3) is 3.85. The van der Waals surface area contributed by atoms with E-state index >= 15 is 0 Å². The molecule has 0 atom stereocenters. The fraction of sp³-hybridized carbons (Fsp3) is 0.533. The van der Waals surface area contributed by atoms with Crippen molar-refractivity contribution in [2.24, 2.45) is 0 Å². The monoisotopic (exact) mass is 325 g/mol. The predicted octanol–water partition coefficient (Wildman–Crippen LogP) is 1.33. The number of anilines is 1. The number of carbonyl (C=O) groups is 1. The maximum Gasteiger partial charge on any atom is 0.243 e. The van der Waals surface area contributed by atoms with Crippen molar-refractivity contribution >= 4 is 21.6 Å². The standard InChI is InChI=1S/C15H23N3O3S/c1-12-6-7-13(17-15(19)11-16-2)10-14(12)22(20,21)18-8-4-3-5-9-18/h6-7,10,16H,3-5,8-9,11H2,1-2H3,(H,17,19). The van der Waals surface area contributed by atoms with Crippen LogP contribution in [-0.4, -0.2) is 45.3 Å². The Morgan fingerprint density at radius 2 is 1.91 bits per heavy atom. The lowest BCUT2D eigenvalue weighted by Gasteiger charge is -2.26. The van der Waals surface area contributed by atoms with Crippen LogP contribution in [0.4, 0.5) is 5.69 Å². The van der Waals surface area contributed by atoms with Gasteiger partial charge in [-0.3, -0.25) is 4.79 Å². The van der Waals surface area contributed by atoms with E-state index < -0.39 is 10.0 Å². The summed E-state index contributed by atoms with van der Waals surface area (Å²) in [7, 11) is -1.82. The lowest BCUT2D eigenvalue weighted by atomic mass is 10.2. The zero-order valence-electron chi connectivity index (χ0n) is 13.1. The van der Waals surface area contributed by atoms with Crippen LogP contribution in [0.25, 0.3) is 0 Å². The molecule has 0 saturated carbocycles. The minimum absolute atomic E-state index is 0.183. The summed E-state index contributed by atoms with van der Waals surface area (Å²) in [6.45, 7) is 3.09. The van der Waals surface area contributed by atoms with Crippen molar-refractivity contribution < 1.29 is 13.2 Å². The Balaban J connectivity index is 2.27. The number of piperidine rings is 1. The number of aryl methyl sites for hydroxylation is 1. The van der Waals surface area contributed by atoms with E-state index in [1.807, 2.05) is 0 Å². The molecule has 0 spiro atoms. The van der Waals surface area contributed by atoms with Crippen LogP contribution >= 0.6 is 0 Å². The number of rotatable bonds is 5. The highest BCUT2D eigenvalue weighted by atomic mass is 32.2. The van der Waals surface area contributed by atoms with Crippen LogP contribution in [-0.2, 0) is 14.8 Å². The SMILES string of the molecule is CNCC(=O)Nc1ccc(C)c(S(=O)(=O)N2CCCCC2)c1. The molecule has 1 fully saturated rings. The first-order chi connectivity index (χ1) is 10.4. The summed E-state index contributed by atoms with van der Waals surface area (Å²) in [6.07, 6.45) is 2.87. The van der Waals surface area contributed by atoms with E-state index in [4.69, 9.17) is 0 Å². The van der Waals surface area contributed by atoms with Gasteiger partial charge < -0.3 is 10.6 Å². The molecule has 122 valence electrons. The average molecular weight is 325 g/mol. The highest BCUT2D eigenvalue weighted by Crippen LogP contribution is 2.25. The molecule has 0 unspecified atom stereocenters. The summed E-state index contributed by atoms with van der Waals surface area (Å²) in [5.74, 6) is -0.201. The molecule has 0 aliphatic carbocycles. The highest BCUT2D eigenvalue weighted by Gasteiger charge is 2.27. The molecule has 6 nitrogen and oxygen atoms in total. The summed E-state index contributed by atoms with van der Waals surface area (Å²) < 4.78 is 27.1. The first kappa shape index (κ1) is 16.9. The van der Waals surface area contributed by atoms with Crippen LogP contribution in [0.5, 0.6) is 0 Å². The summed E-state index contributed by atoms with van der Waals surface area (Å²) in [5.41, 5.74) is 1.19. The molecule has 1 aromatic rings. The molecular formula is C15H23N3O3S. The number of nitrogens with one attached hydrogen (secondary N) is 2. The number of hydrogen-bond acceptors (Lipinski definition) is 4. The van der Waals surface area contributed by atoms with Crippen molar-refractivity contribution in [3.8, 4) is 0 Å². The molecule has 2 rings (SSSR count). The summed E-state index contributed by atoms with van der Waals surface area (Å²) in [4.78, 5) is 11.9. The fourth-order valence-corrected chi connectivity index (χ4v) is 4.33. The molecule has 7 heteroatoms. The number of sulfonamides is 1. The topological polar surface area (TPSA) is 78.5 Å². The van der Waals surface area contributed by atoms with E-state index in [0.29, 0.717) is 24.3 Å². The quantitative estimate of drug-likeness (QED) is 0.856. The predicted molar refractivity (Wildman–Crippen MR) is 86.3 cm³/mol. The molecule has 1 aliphatic rings. The Hall–Kier alpha value is -1.44. The van der Waals surface area contributed by atoms with E-state index in [1.165, 1.54) is 4.31 Å². The van der Waals surface area contributed by atoms with Crippen LogP contribution in [0, 0.1) is 6.92 Å². The van der Waals surface area contributed by atoms with Crippen molar-refractivity contribution in [2.75, 3.05) is 32.0 Å². The Morgan fingerprint density at radius 3 is 2.55 bits per heavy atom. The van der Waals surface area contributed by atoms with Crippen LogP contribution in [0.2, 0.25) is 0 Å². The van der Waals surface area contributed by atoms with Gasteiger partial charge in [0.15, 0.2) is 0 Å². The summed E-state index contributed by atoms with van der Waals surface area (Å²) in [6, 6.07) is 5.00. The van der Waals surface area contributed by atoms with Crippen molar-refractivity contribution in [1.82, 2.24) is 9.62 Å². The van der Waals surface area contributed by atoms with Gasteiger partial charge in [0.25, 0.3) is 0 Å². The number of hydrogen-bond donors (Lipinski definition) is 2. The molecular weight excluding hydrogens is 302 g/mol. The smallest absolute Gasteiger partial charge is 0.243 e. The van der Waals surface area contributed by atoms with Crippen molar-refractivity contribution in [3.63, 3.8) is 0 Å². The minimum atomic E-state index is -3.50. The van der Waals surface area contributed by atoms with Crippen LogP contribution < -0.4 is 10.6 Å². The number of benzene rings is 1. The van der Waals surface area contributed by atoms with Gasteiger partial charge in [-0.25, -0.2) is 8.42 Å². The van der Waals surface area contributed by atoms with Gasteiger partial charge in [0.2, 0.25) is 15.9 Å². The number of nitrogens with zero attached hydrogens (tertiary/aromatic N) is 1. The number of carbonyl (C=O) groups excluding carboxylic acids is 1. The van der Waals surface area contributed by atoms with Crippen molar-refractivity contribution in [2.45, 2.75) is 31.1 Å². The van der Waals surface area contributed by atoms with Gasteiger partial charge >= 0.3 is 0 Å². The Morgan fingerprint density at radius 1 is 1.23 bits per heavy atom. The van der Waals surface area contributed by atoms with Gasteiger partial charge in [0.05, 0.1) is 11.4 Å². The maximum absolute atomic E-state index is 12.8. The van der Waals surface area contributed by atoms with E-state index in [9.17, 15) is 13.2 Å². The zero-order chi connectivity index (χ0) is 16.2. The van der Waals surface area contributed by atoms with Crippen molar-refractivity contribution in [1.29, 1.82) is 0 Å². The third-order valence-electron chi connectivity index (χ3n) is 3.74. The lowest BCUT2D eigenvalue weighted by molar-refractivity contribution is -0.115. The Bertz CT molecular complexity index is 637. The second-order valence-electron chi connectivity index (χ2n) is 5.52. The van der Waals surface area contributed by atoms with Crippen LogP contribution in [0.3, 0.4) is 0 Å². The second kappa shape index (κ2) is 7.21. The first-order valence-electron chi connectivity index (χ1n) is 7.50. The molecule has 0 bridgehead atoms. The Labute approximate surface area is 131 Å². The maximum atomic E-state index is 12.8. The van der Waals surface area contributed by atoms with Gasteiger partial charge in [0, 0.05) is 18.8 Å². The Kier molecular flexibility index (Phi) is 5.55. The molecule has 0 radical (unpaired) electrons. The van der Waals surface area contributed by atoms with Gasteiger partial charge in [-0.05, 0) is 44.5 Å². The van der Waals surface area contributed by atoms with E-state index in [2.05, 4.69) is 10.6 Å². The van der Waals surface area contributed by atoms with Crippen molar-refractivity contribution in [3.05, 3.63) is 23.8 Å². The molecule has 1 aliphatic heterocycles.